The first kappa shape index (κ1) is 17.4. The number of rotatable bonds is 9. The number of likely N-dealkylation sites (N-methyl/N-ethyl adjacent to an activating group) is 1. The zero-order valence-corrected chi connectivity index (χ0v) is 13.2. The highest BCUT2D eigenvalue weighted by molar-refractivity contribution is 5.69. The fourth-order valence-electron chi connectivity index (χ4n) is 2.84. The van der Waals surface area contributed by atoms with Crippen LogP contribution in [-0.2, 0) is 9.53 Å². The van der Waals surface area contributed by atoms with Crippen molar-refractivity contribution < 1.29 is 14.6 Å². The number of unbranched alkanes of at least 4 members (excludes halogenated alkanes) is 2. The molecular formula is C15H30N2O3. The standard InChI is InChI=1S/C15H30N2O3/c1-4-20-15(19)8-6-5-7-9-17-12-14(18)10-13(17)11-16(2)3/h13-14,18H,4-12H2,1-3H3. The van der Waals surface area contributed by atoms with Crippen molar-refractivity contribution >= 4 is 5.97 Å². The molecule has 1 rings (SSSR count). The van der Waals surface area contributed by atoms with Gasteiger partial charge in [-0.05, 0) is 46.8 Å². The van der Waals surface area contributed by atoms with Crippen molar-refractivity contribution in [3.63, 3.8) is 0 Å². The monoisotopic (exact) mass is 286 g/mol. The lowest BCUT2D eigenvalue weighted by Crippen LogP contribution is -2.38. The molecule has 1 N–H and O–H groups in total. The molecule has 1 aliphatic heterocycles. The van der Waals surface area contributed by atoms with Gasteiger partial charge in [-0.15, -0.1) is 0 Å². The number of ether oxygens (including phenoxy) is 1. The fraction of sp³-hybridized carbons (Fsp3) is 0.933. The van der Waals surface area contributed by atoms with Crippen molar-refractivity contribution in [1.29, 1.82) is 0 Å². The van der Waals surface area contributed by atoms with Crippen LogP contribution in [0.1, 0.15) is 39.0 Å². The van der Waals surface area contributed by atoms with E-state index in [-0.39, 0.29) is 12.1 Å². The number of carbonyl (C=O) groups is 1. The lowest BCUT2D eigenvalue weighted by atomic mass is 10.1. The van der Waals surface area contributed by atoms with Crippen molar-refractivity contribution in [2.45, 2.75) is 51.2 Å². The molecule has 0 bridgehead atoms. The second kappa shape index (κ2) is 9.32. The van der Waals surface area contributed by atoms with Gasteiger partial charge in [0.25, 0.3) is 0 Å². The summed E-state index contributed by atoms with van der Waals surface area (Å²) in [6.07, 6.45) is 4.24. The minimum Gasteiger partial charge on any atom is -0.466 e. The van der Waals surface area contributed by atoms with Crippen LogP contribution in [0.2, 0.25) is 0 Å². The van der Waals surface area contributed by atoms with Crippen molar-refractivity contribution in [3.8, 4) is 0 Å². The highest BCUT2D eigenvalue weighted by Gasteiger charge is 2.30. The van der Waals surface area contributed by atoms with Gasteiger partial charge in [-0.3, -0.25) is 9.69 Å². The minimum absolute atomic E-state index is 0.0884. The molecule has 1 fully saturated rings. The summed E-state index contributed by atoms with van der Waals surface area (Å²) in [7, 11) is 4.14. The second-order valence-corrected chi connectivity index (χ2v) is 5.92. The third-order valence-corrected chi connectivity index (χ3v) is 3.71. The maximum atomic E-state index is 11.2. The first-order valence-corrected chi connectivity index (χ1v) is 7.75. The number of hydrogen-bond acceptors (Lipinski definition) is 5. The number of esters is 1. The predicted molar refractivity (Wildman–Crippen MR) is 79.6 cm³/mol. The summed E-state index contributed by atoms with van der Waals surface area (Å²) in [6.45, 7) is 5.10. The van der Waals surface area contributed by atoms with Gasteiger partial charge in [-0.25, -0.2) is 0 Å². The van der Waals surface area contributed by atoms with E-state index in [2.05, 4.69) is 23.9 Å². The molecule has 5 heteroatoms. The van der Waals surface area contributed by atoms with E-state index in [4.69, 9.17) is 4.74 Å². The molecule has 0 spiro atoms. The van der Waals surface area contributed by atoms with E-state index in [1.165, 1.54) is 0 Å². The average Bonchev–Trinajstić information content (AvgIpc) is 2.68. The van der Waals surface area contributed by atoms with Crippen LogP contribution >= 0.6 is 0 Å². The molecule has 20 heavy (non-hydrogen) atoms. The Morgan fingerprint density at radius 3 is 2.75 bits per heavy atom. The molecule has 0 aromatic heterocycles. The number of carbonyl (C=O) groups excluding carboxylic acids is 1. The molecule has 1 aliphatic rings. The van der Waals surface area contributed by atoms with Gasteiger partial charge < -0.3 is 14.7 Å². The Labute approximate surface area is 122 Å². The Kier molecular flexibility index (Phi) is 8.11. The Balaban J connectivity index is 2.15. The van der Waals surface area contributed by atoms with E-state index in [0.29, 0.717) is 19.1 Å². The molecule has 2 unspecified atom stereocenters. The minimum atomic E-state index is -0.181. The number of likely N-dealkylation sites (tertiary alicyclic amines) is 1. The Morgan fingerprint density at radius 2 is 2.10 bits per heavy atom. The van der Waals surface area contributed by atoms with Gasteiger partial charge in [-0.2, -0.15) is 0 Å². The maximum Gasteiger partial charge on any atom is 0.305 e. The van der Waals surface area contributed by atoms with Crippen LogP contribution in [-0.4, -0.2) is 73.4 Å². The quantitative estimate of drug-likeness (QED) is 0.508. The first-order valence-electron chi connectivity index (χ1n) is 7.75. The van der Waals surface area contributed by atoms with Crippen LogP contribution in [0.25, 0.3) is 0 Å². The van der Waals surface area contributed by atoms with Crippen LogP contribution in [0.15, 0.2) is 0 Å². The maximum absolute atomic E-state index is 11.2. The molecule has 0 aromatic carbocycles. The van der Waals surface area contributed by atoms with Gasteiger partial charge >= 0.3 is 5.97 Å². The van der Waals surface area contributed by atoms with E-state index < -0.39 is 0 Å². The van der Waals surface area contributed by atoms with Gasteiger partial charge in [0.1, 0.15) is 0 Å². The van der Waals surface area contributed by atoms with Crippen LogP contribution < -0.4 is 0 Å². The smallest absolute Gasteiger partial charge is 0.305 e. The zero-order valence-electron chi connectivity index (χ0n) is 13.2. The van der Waals surface area contributed by atoms with Gasteiger partial charge in [0.05, 0.1) is 12.7 Å². The van der Waals surface area contributed by atoms with Gasteiger partial charge in [0.15, 0.2) is 0 Å². The number of hydrogen-bond donors (Lipinski definition) is 1. The lowest BCUT2D eigenvalue weighted by molar-refractivity contribution is -0.143. The molecule has 1 saturated heterocycles. The highest BCUT2D eigenvalue weighted by atomic mass is 16.5. The summed E-state index contributed by atoms with van der Waals surface area (Å²) < 4.78 is 4.91. The molecule has 2 atom stereocenters. The molecular weight excluding hydrogens is 256 g/mol. The molecule has 0 saturated carbocycles. The largest absolute Gasteiger partial charge is 0.466 e. The summed E-state index contributed by atoms with van der Waals surface area (Å²) in [6, 6.07) is 0.463. The van der Waals surface area contributed by atoms with E-state index >= 15 is 0 Å². The Hall–Kier alpha value is -0.650. The van der Waals surface area contributed by atoms with Crippen molar-refractivity contribution in [3.05, 3.63) is 0 Å². The van der Waals surface area contributed by atoms with E-state index in [9.17, 15) is 9.90 Å². The summed E-state index contributed by atoms with van der Waals surface area (Å²) in [5.74, 6) is -0.0884. The fourth-order valence-corrected chi connectivity index (χ4v) is 2.84. The highest BCUT2D eigenvalue weighted by Crippen LogP contribution is 2.19. The Morgan fingerprint density at radius 1 is 1.35 bits per heavy atom. The number of nitrogens with zero attached hydrogens (tertiary/aromatic N) is 2. The van der Waals surface area contributed by atoms with Crippen LogP contribution in [0.5, 0.6) is 0 Å². The SMILES string of the molecule is CCOC(=O)CCCCCN1CC(O)CC1CN(C)C. The number of aliphatic hydroxyl groups is 1. The van der Waals surface area contributed by atoms with Crippen molar-refractivity contribution in [1.82, 2.24) is 9.80 Å². The molecule has 1 heterocycles. The molecule has 0 aromatic rings. The third-order valence-electron chi connectivity index (χ3n) is 3.71. The van der Waals surface area contributed by atoms with Gasteiger partial charge in [0.2, 0.25) is 0 Å². The van der Waals surface area contributed by atoms with Crippen LogP contribution in [0, 0.1) is 0 Å². The molecule has 5 nitrogen and oxygen atoms in total. The van der Waals surface area contributed by atoms with Gasteiger partial charge in [0, 0.05) is 25.6 Å². The van der Waals surface area contributed by atoms with Crippen LogP contribution in [0.4, 0.5) is 0 Å². The molecule has 0 aliphatic carbocycles. The summed E-state index contributed by atoms with van der Waals surface area (Å²) in [5.41, 5.74) is 0. The second-order valence-electron chi connectivity index (χ2n) is 5.92. The van der Waals surface area contributed by atoms with E-state index in [0.717, 1.165) is 45.3 Å². The molecule has 118 valence electrons. The summed E-state index contributed by atoms with van der Waals surface area (Å²) >= 11 is 0. The Bertz CT molecular complexity index is 284. The molecule has 0 radical (unpaired) electrons. The van der Waals surface area contributed by atoms with E-state index in [1.54, 1.807) is 0 Å². The topological polar surface area (TPSA) is 53.0 Å². The summed E-state index contributed by atoms with van der Waals surface area (Å²) in [4.78, 5) is 15.8. The lowest BCUT2D eigenvalue weighted by Gasteiger charge is -2.26. The van der Waals surface area contributed by atoms with Gasteiger partial charge in [-0.1, -0.05) is 6.42 Å². The van der Waals surface area contributed by atoms with Crippen molar-refractivity contribution in [2.75, 3.05) is 40.3 Å². The number of β-amino-alcohol motifs (C(OH)–C–C–N with tert-alkyl or cyclic N) is 1. The number of aliphatic hydroxyl groups excluding tert-OH is 1. The van der Waals surface area contributed by atoms with Crippen LogP contribution in [0.3, 0.4) is 0 Å². The molecule has 0 amide bonds. The summed E-state index contributed by atoms with van der Waals surface area (Å²) in [5, 5.41) is 9.80. The van der Waals surface area contributed by atoms with E-state index in [1.807, 2.05) is 6.92 Å². The third kappa shape index (κ3) is 6.68. The normalized spacial score (nSPS) is 23.4. The first-order chi connectivity index (χ1) is 9.52. The van der Waals surface area contributed by atoms with Crippen molar-refractivity contribution in [2.24, 2.45) is 0 Å². The predicted octanol–water partition coefficient (Wildman–Crippen LogP) is 1.11. The zero-order chi connectivity index (χ0) is 15.0. The average molecular weight is 286 g/mol.